The van der Waals surface area contributed by atoms with Gasteiger partial charge in [0.05, 0.1) is 17.8 Å². The largest absolute Gasteiger partial charge is 0.319 e. The summed E-state index contributed by atoms with van der Waals surface area (Å²) in [5.41, 5.74) is 0.981. The molecular formula is C16H22N6. The van der Waals surface area contributed by atoms with Crippen LogP contribution >= 0.6 is 0 Å². The molecule has 2 heterocycles. The fourth-order valence-corrected chi connectivity index (χ4v) is 2.08. The van der Waals surface area contributed by atoms with Gasteiger partial charge in [-0.1, -0.05) is 6.92 Å². The van der Waals surface area contributed by atoms with Gasteiger partial charge in [0.1, 0.15) is 23.7 Å². The normalized spacial score (nSPS) is 12.5. The van der Waals surface area contributed by atoms with E-state index in [9.17, 15) is 0 Å². The fourth-order valence-electron chi connectivity index (χ4n) is 2.08. The van der Waals surface area contributed by atoms with Gasteiger partial charge in [0.2, 0.25) is 0 Å². The molecule has 2 unspecified atom stereocenters. The molecule has 2 rings (SSSR count). The summed E-state index contributed by atoms with van der Waals surface area (Å²) in [6.45, 7) is 9.59. The molecule has 116 valence electrons. The fraction of sp³-hybridized carbons (Fsp3) is 0.500. The molecule has 0 N–H and O–H groups in total. The standard InChI is InChI=1S/C9H13N3.C7H9N3/c1-4-9-11-7(2)6-12(9)8(3)5-10;1-6(5-8)10-4-3-9-7(10)2/h6,8H,4H2,1-3H3;3-4,6H,1-2H3. The molecule has 22 heavy (non-hydrogen) atoms. The highest BCUT2D eigenvalue weighted by atomic mass is 15.1. The first kappa shape index (κ1) is 17.5. The van der Waals surface area contributed by atoms with Crippen LogP contribution in [0, 0.1) is 36.5 Å². The molecule has 0 aliphatic rings. The van der Waals surface area contributed by atoms with E-state index in [2.05, 4.69) is 22.1 Å². The van der Waals surface area contributed by atoms with Gasteiger partial charge in [-0.15, -0.1) is 0 Å². The van der Waals surface area contributed by atoms with E-state index in [1.165, 1.54) is 0 Å². The van der Waals surface area contributed by atoms with Gasteiger partial charge in [-0.2, -0.15) is 10.5 Å². The third-order valence-corrected chi connectivity index (χ3v) is 3.32. The molecule has 0 amide bonds. The first-order valence-corrected chi connectivity index (χ1v) is 7.27. The Balaban J connectivity index is 0.000000224. The Kier molecular flexibility index (Phi) is 6.34. The zero-order chi connectivity index (χ0) is 16.7. The molecule has 0 radical (unpaired) electrons. The predicted octanol–water partition coefficient (Wildman–Crippen LogP) is 3.11. The van der Waals surface area contributed by atoms with Gasteiger partial charge >= 0.3 is 0 Å². The van der Waals surface area contributed by atoms with E-state index >= 15 is 0 Å². The molecule has 2 atom stereocenters. The van der Waals surface area contributed by atoms with Crippen molar-refractivity contribution in [3.8, 4) is 12.1 Å². The van der Waals surface area contributed by atoms with Crippen LogP contribution in [0.2, 0.25) is 0 Å². The Bertz CT molecular complexity index is 682. The zero-order valence-electron chi connectivity index (χ0n) is 13.8. The molecule has 6 nitrogen and oxygen atoms in total. The maximum absolute atomic E-state index is 8.72. The van der Waals surface area contributed by atoms with Crippen LogP contribution in [0.25, 0.3) is 0 Å². The minimum atomic E-state index is -0.110. The highest BCUT2D eigenvalue weighted by molar-refractivity contribution is 5.06. The molecule has 0 aliphatic heterocycles. The SMILES string of the molecule is CCc1nc(C)cn1C(C)C#N.Cc1nccn1C(C)C#N. The van der Waals surface area contributed by atoms with Crippen LogP contribution in [0.4, 0.5) is 0 Å². The van der Waals surface area contributed by atoms with Gasteiger partial charge < -0.3 is 9.13 Å². The van der Waals surface area contributed by atoms with Crippen molar-refractivity contribution >= 4 is 0 Å². The van der Waals surface area contributed by atoms with Crippen molar-refractivity contribution in [1.29, 1.82) is 10.5 Å². The van der Waals surface area contributed by atoms with Crippen molar-refractivity contribution in [2.75, 3.05) is 0 Å². The monoisotopic (exact) mass is 298 g/mol. The smallest absolute Gasteiger partial charge is 0.119 e. The lowest BCUT2D eigenvalue weighted by molar-refractivity contribution is 0.634. The van der Waals surface area contributed by atoms with E-state index in [0.717, 1.165) is 23.8 Å². The molecule has 0 aromatic carbocycles. The summed E-state index contributed by atoms with van der Waals surface area (Å²) in [5, 5.41) is 17.3. The van der Waals surface area contributed by atoms with Gasteiger partial charge in [0.15, 0.2) is 0 Å². The summed E-state index contributed by atoms with van der Waals surface area (Å²) in [5.74, 6) is 1.87. The number of nitrogens with zero attached hydrogens (tertiary/aromatic N) is 6. The Hall–Kier alpha value is -2.60. The average Bonchev–Trinajstić information content (AvgIpc) is 3.11. The number of hydrogen-bond acceptors (Lipinski definition) is 4. The average molecular weight is 298 g/mol. The summed E-state index contributed by atoms with van der Waals surface area (Å²) >= 11 is 0. The summed E-state index contributed by atoms with van der Waals surface area (Å²) in [6, 6.07) is 4.10. The van der Waals surface area contributed by atoms with Gasteiger partial charge in [-0.25, -0.2) is 9.97 Å². The van der Waals surface area contributed by atoms with Crippen LogP contribution in [0.5, 0.6) is 0 Å². The number of hydrogen-bond donors (Lipinski definition) is 0. The summed E-state index contributed by atoms with van der Waals surface area (Å²) in [7, 11) is 0. The summed E-state index contributed by atoms with van der Waals surface area (Å²) in [6.07, 6.45) is 6.30. The maximum atomic E-state index is 8.72. The quantitative estimate of drug-likeness (QED) is 0.871. The number of aryl methyl sites for hydroxylation is 3. The molecule has 6 heteroatoms. The summed E-state index contributed by atoms with van der Waals surface area (Å²) in [4.78, 5) is 8.31. The molecule has 0 fully saturated rings. The van der Waals surface area contributed by atoms with E-state index in [0.29, 0.717) is 0 Å². The first-order valence-electron chi connectivity index (χ1n) is 7.27. The highest BCUT2D eigenvalue weighted by Gasteiger charge is 2.08. The first-order chi connectivity index (χ1) is 10.4. The van der Waals surface area contributed by atoms with E-state index in [1.807, 2.05) is 56.1 Å². The minimum Gasteiger partial charge on any atom is -0.319 e. The predicted molar refractivity (Wildman–Crippen MR) is 84.0 cm³/mol. The Morgan fingerprint density at radius 1 is 1.14 bits per heavy atom. The van der Waals surface area contributed by atoms with Crippen molar-refractivity contribution in [3.63, 3.8) is 0 Å². The third-order valence-electron chi connectivity index (χ3n) is 3.32. The third kappa shape index (κ3) is 4.20. The molecule has 0 aliphatic carbocycles. The maximum Gasteiger partial charge on any atom is 0.119 e. The van der Waals surface area contributed by atoms with Gasteiger partial charge in [0, 0.05) is 25.0 Å². The molecule has 2 aromatic heterocycles. The van der Waals surface area contributed by atoms with Gasteiger partial charge in [0.25, 0.3) is 0 Å². The van der Waals surface area contributed by atoms with Crippen molar-refractivity contribution in [3.05, 3.63) is 35.9 Å². The second kappa shape index (κ2) is 7.99. The Labute approximate surface area is 131 Å². The highest BCUT2D eigenvalue weighted by Crippen LogP contribution is 2.10. The minimum absolute atomic E-state index is 0.109. The van der Waals surface area contributed by atoms with Crippen LogP contribution in [0.3, 0.4) is 0 Å². The van der Waals surface area contributed by atoms with Crippen LogP contribution in [-0.4, -0.2) is 19.1 Å². The van der Waals surface area contributed by atoms with E-state index in [4.69, 9.17) is 10.5 Å². The number of aromatic nitrogens is 4. The van der Waals surface area contributed by atoms with Crippen LogP contribution in [-0.2, 0) is 6.42 Å². The van der Waals surface area contributed by atoms with Crippen LogP contribution < -0.4 is 0 Å². The van der Waals surface area contributed by atoms with E-state index in [-0.39, 0.29) is 12.1 Å². The van der Waals surface area contributed by atoms with Crippen molar-refractivity contribution in [2.45, 2.75) is 53.1 Å². The lowest BCUT2D eigenvalue weighted by atomic mass is 10.3. The zero-order valence-corrected chi connectivity index (χ0v) is 13.8. The topological polar surface area (TPSA) is 83.2 Å². The molecule has 0 saturated heterocycles. The van der Waals surface area contributed by atoms with Crippen molar-refractivity contribution < 1.29 is 0 Å². The van der Waals surface area contributed by atoms with Crippen molar-refractivity contribution in [1.82, 2.24) is 19.1 Å². The van der Waals surface area contributed by atoms with Crippen molar-refractivity contribution in [2.24, 2.45) is 0 Å². The van der Waals surface area contributed by atoms with Crippen LogP contribution in [0.1, 0.15) is 50.2 Å². The Morgan fingerprint density at radius 3 is 2.18 bits per heavy atom. The number of imidazole rings is 2. The van der Waals surface area contributed by atoms with E-state index in [1.54, 1.807) is 6.20 Å². The summed E-state index contributed by atoms with van der Waals surface area (Å²) < 4.78 is 3.76. The number of nitriles is 2. The second-order valence-electron chi connectivity index (χ2n) is 5.05. The molecule has 0 saturated carbocycles. The molecular weight excluding hydrogens is 276 g/mol. The second-order valence-corrected chi connectivity index (χ2v) is 5.05. The molecule has 0 spiro atoms. The molecule has 0 bridgehead atoms. The van der Waals surface area contributed by atoms with Crippen LogP contribution in [0.15, 0.2) is 18.6 Å². The lowest BCUT2D eigenvalue weighted by Crippen LogP contribution is -2.05. The Morgan fingerprint density at radius 2 is 1.73 bits per heavy atom. The van der Waals surface area contributed by atoms with Gasteiger partial charge in [-0.05, 0) is 27.7 Å². The number of rotatable bonds is 3. The lowest BCUT2D eigenvalue weighted by Gasteiger charge is -2.06. The molecule has 2 aromatic rings. The van der Waals surface area contributed by atoms with Gasteiger partial charge in [-0.3, -0.25) is 0 Å². The van der Waals surface area contributed by atoms with E-state index < -0.39 is 0 Å².